The van der Waals surface area contributed by atoms with Crippen molar-refractivity contribution in [1.82, 2.24) is 0 Å². The molecule has 0 N–H and O–H groups in total. The van der Waals surface area contributed by atoms with Crippen molar-refractivity contribution in [1.29, 1.82) is 0 Å². The van der Waals surface area contributed by atoms with E-state index in [9.17, 15) is 4.79 Å². The van der Waals surface area contributed by atoms with Crippen LogP contribution in [0.3, 0.4) is 0 Å². The van der Waals surface area contributed by atoms with Gasteiger partial charge in [0.25, 0.3) is 0 Å². The highest BCUT2D eigenvalue weighted by Gasteiger charge is 1.96. The molecule has 4 heteroatoms. The van der Waals surface area contributed by atoms with Crippen LogP contribution >= 0.6 is 0 Å². The topological polar surface area (TPSA) is 44.8 Å². The molecule has 0 aromatic heterocycles. The minimum Gasteiger partial charge on any atom is -0.494 e. The van der Waals surface area contributed by atoms with E-state index in [4.69, 9.17) is 14.2 Å². The van der Waals surface area contributed by atoms with Gasteiger partial charge in [-0.3, -0.25) is 0 Å². The van der Waals surface area contributed by atoms with E-state index in [0.717, 1.165) is 11.3 Å². The van der Waals surface area contributed by atoms with E-state index >= 15 is 0 Å². The number of hydrogen-bond acceptors (Lipinski definition) is 4. The van der Waals surface area contributed by atoms with Gasteiger partial charge in [0.05, 0.1) is 13.2 Å². The molecule has 0 radical (unpaired) electrons. The van der Waals surface area contributed by atoms with Crippen molar-refractivity contribution >= 4 is 12.0 Å². The summed E-state index contributed by atoms with van der Waals surface area (Å²) in [4.78, 5) is 11.3. The van der Waals surface area contributed by atoms with E-state index in [2.05, 4.69) is 0 Å². The summed E-state index contributed by atoms with van der Waals surface area (Å²) in [5, 5.41) is 0. The number of carbonyl (C=O) groups excluding carboxylic acids is 1. The molecule has 0 bridgehead atoms. The summed E-state index contributed by atoms with van der Waals surface area (Å²) in [6.45, 7) is 3.25. The van der Waals surface area contributed by atoms with Gasteiger partial charge in [-0.15, -0.1) is 0 Å². The smallest absolute Gasteiger partial charge is 0.330 e. The van der Waals surface area contributed by atoms with Crippen LogP contribution in [0, 0.1) is 0 Å². The average molecular weight is 250 g/mol. The summed E-state index contributed by atoms with van der Waals surface area (Å²) >= 11 is 0. The van der Waals surface area contributed by atoms with Gasteiger partial charge in [-0.25, -0.2) is 4.79 Å². The minimum absolute atomic E-state index is 0.267. The predicted molar refractivity (Wildman–Crippen MR) is 69.5 cm³/mol. The van der Waals surface area contributed by atoms with Gasteiger partial charge in [-0.1, -0.05) is 12.1 Å². The molecule has 0 aliphatic heterocycles. The lowest BCUT2D eigenvalue weighted by molar-refractivity contribution is -0.138. The molecule has 4 nitrogen and oxygen atoms in total. The van der Waals surface area contributed by atoms with Gasteiger partial charge in [0, 0.05) is 13.2 Å². The summed E-state index contributed by atoms with van der Waals surface area (Å²) in [5.41, 5.74) is 0.919. The molecule has 0 heterocycles. The molecule has 0 spiro atoms. The first-order chi connectivity index (χ1) is 8.76. The fourth-order valence-electron chi connectivity index (χ4n) is 1.28. The Labute approximate surface area is 107 Å². The SMILES string of the molecule is CCOc1ccc(C=CC(=O)OCCOC)cc1. The Hall–Kier alpha value is -1.81. The summed E-state index contributed by atoms with van der Waals surface area (Å²) in [7, 11) is 1.56. The Kier molecular flexibility index (Phi) is 6.58. The van der Waals surface area contributed by atoms with Crippen LogP contribution in [0.1, 0.15) is 12.5 Å². The van der Waals surface area contributed by atoms with Gasteiger partial charge < -0.3 is 14.2 Å². The first-order valence-corrected chi connectivity index (χ1v) is 5.83. The van der Waals surface area contributed by atoms with Crippen LogP contribution in [0.2, 0.25) is 0 Å². The second-order valence-corrected chi connectivity index (χ2v) is 3.50. The number of methoxy groups -OCH3 is 1. The highest BCUT2D eigenvalue weighted by Crippen LogP contribution is 2.12. The number of esters is 1. The van der Waals surface area contributed by atoms with E-state index in [-0.39, 0.29) is 12.6 Å². The Morgan fingerprint density at radius 3 is 2.56 bits per heavy atom. The van der Waals surface area contributed by atoms with Crippen molar-refractivity contribution in [3.8, 4) is 5.75 Å². The van der Waals surface area contributed by atoms with Gasteiger partial charge in [0.2, 0.25) is 0 Å². The highest BCUT2D eigenvalue weighted by atomic mass is 16.6. The monoisotopic (exact) mass is 250 g/mol. The van der Waals surface area contributed by atoms with Crippen molar-refractivity contribution in [2.75, 3.05) is 26.9 Å². The van der Waals surface area contributed by atoms with E-state index in [1.165, 1.54) is 6.08 Å². The van der Waals surface area contributed by atoms with Crippen molar-refractivity contribution in [2.24, 2.45) is 0 Å². The number of ether oxygens (including phenoxy) is 3. The zero-order chi connectivity index (χ0) is 13.2. The second kappa shape index (κ2) is 8.31. The van der Waals surface area contributed by atoms with Crippen LogP contribution in [0.25, 0.3) is 6.08 Å². The van der Waals surface area contributed by atoms with Gasteiger partial charge in [-0.05, 0) is 30.7 Å². The molecule has 0 amide bonds. The maximum atomic E-state index is 11.3. The molecule has 0 saturated heterocycles. The third kappa shape index (κ3) is 5.50. The van der Waals surface area contributed by atoms with Gasteiger partial charge in [-0.2, -0.15) is 0 Å². The van der Waals surface area contributed by atoms with Crippen LogP contribution in [-0.2, 0) is 14.3 Å². The lowest BCUT2D eigenvalue weighted by Crippen LogP contribution is -2.06. The highest BCUT2D eigenvalue weighted by molar-refractivity contribution is 5.87. The van der Waals surface area contributed by atoms with Gasteiger partial charge in [0.1, 0.15) is 12.4 Å². The molecule has 0 unspecified atom stereocenters. The maximum Gasteiger partial charge on any atom is 0.330 e. The first kappa shape index (κ1) is 14.3. The molecule has 18 heavy (non-hydrogen) atoms. The standard InChI is InChI=1S/C14H18O4/c1-3-17-13-7-4-12(5-8-13)6-9-14(15)18-11-10-16-2/h4-9H,3,10-11H2,1-2H3. The molecular formula is C14H18O4. The second-order valence-electron chi connectivity index (χ2n) is 3.50. The lowest BCUT2D eigenvalue weighted by atomic mass is 10.2. The van der Waals surface area contributed by atoms with Crippen LogP contribution in [0.4, 0.5) is 0 Å². The van der Waals surface area contributed by atoms with E-state index in [0.29, 0.717) is 13.2 Å². The third-order valence-electron chi connectivity index (χ3n) is 2.13. The van der Waals surface area contributed by atoms with Crippen LogP contribution in [-0.4, -0.2) is 32.9 Å². The molecule has 0 atom stereocenters. The number of rotatable bonds is 7. The zero-order valence-electron chi connectivity index (χ0n) is 10.7. The fourth-order valence-corrected chi connectivity index (χ4v) is 1.28. The summed E-state index contributed by atoms with van der Waals surface area (Å²) < 4.78 is 15.0. The van der Waals surface area contributed by atoms with Crippen LogP contribution < -0.4 is 4.74 Å². The molecular weight excluding hydrogens is 232 g/mol. The summed E-state index contributed by atoms with van der Waals surface area (Å²) in [5.74, 6) is 0.443. The Morgan fingerprint density at radius 1 is 1.22 bits per heavy atom. The lowest BCUT2D eigenvalue weighted by Gasteiger charge is -2.02. The van der Waals surface area contributed by atoms with E-state index in [1.54, 1.807) is 13.2 Å². The minimum atomic E-state index is -0.374. The predicted octanol–water partition coefficient (Wildman–Crippen LogP) is 2.29. The van der Waals surface area contributed by atoms with E-state index < -0.39 is 0 Å². The maximum absolute atomic E-state index is 11.3. The Bertz CT molecular complexity index is 381. The normalized spacial score (nSPS) is 10.6. The molecule has 0 saturated carbocycles. The number of hydrogen-bond donors (Lipinski definition) is 0. The summed E-state index contributed by atoms with van der Waals surface area (Å²) in [6, 6.07) is 7.48. The molecule has 0 aliphatic carbocycles. The molecule has 0 fully saturated rings. The van der Waals surface area contributed by atoms with Crippen molar-refractivity contribution in [2.45, 2.75) is 6.92 Å². The van der Waals surface area contributed by atoms with Gasteiger partial charge in [0.15, 0.2) is 0 Å². The zero-order valence-corrected chi connectivity index (χ0v) is 10.7. The largest absolute Gasteiger partial charge is 0.494 e. The Balaban J connectivity index is 2.43. The van der Waals surface area contributed by atoms with Crippen molar-refractivity contribution in [3.63, 3.8) is 0 Å². The third-order valence-corrected chi connectivity index (χ3v) is 2.13. The van der Waals surface area contributed by atoms with Gasteiger partial charge >= 0.3 is 5.97 Å². The molecule has 98 valence electrons. The number of carbonyl (C=O) groups is 1. The van der Waals surface area contributed by atoms with E-state index in [1.807, 2.05) is 31.2 Å². The van der Waals surface area contributed by atoms with Crippen molar-refractivity contribution < 1.29 is 19.0 Å². The molecule has 0 aliphatic rings. The average Bonchev–Trinajstić information content (AvgIpc) is 2.39. The summed E-state index contributed by atoms with van der Waals surface area (Å²) in [6.07, 6.45) is 3.09. The fraction of sp³-hybridized carbons (Fsp3) is 0.357. The molecule has 1 aromatic rings. The number of benzene rings is 1. The van der Waals surface area contributed by atoms with Crippen molar-refractivity contribution in [3.05, 3.63) is 35.9 Å². The first-order valence-electron chi connectivity index (χ1n) is 5.83. The molecule has 1 aromatic carbocycles. The quantitative estimate of drug-likeness (QED) is 0.423. The van der Waals surface area contributed by atoms with Crippen LogP contribution in [0.15, 0.2) is 30.3 Å². The molecule has 1 rings (SSSR count). The Morgan fingerprint density at radius 2 is 1.94 bits per heavy atom. The van der Waals surface area contributed by atoms with Crippen LogP contribution in [0.5, 0.6) is 5.75 Å².